The van der Waals surface area contributed by atoms with Crippen molar-refractivity contribution in [3.05, 3.63) is 84.2 Å². The van der Waals surface area contributed by atoms with Crippen LogP contribution in [-0.2, 0) is 21.4 Å². The van der Waals surface area contributed by atoms with Crippen LogP contribution in [-0.4, -0.2) is 50.6 Å². The predicted molar refractivity (Wildman–Crippen MR) is 124 cm³/mol. The van der Waals surface area contributed by atoms with Crippen LogP contribution in [0.2, 0.25) is 0 Å². The van der Waals surface area contributed by atoms with Gasteiger partial charge in [-0.1, -0.05) is 36.4 Å². The van der Waals surface area contributed by atoms with Crippen LogP contribution < -0.4 is 14.9 Å². The topological polar surface area (TPSA) is 110 Å². The maximum atomic E-state index is 13.4. The van der Waals surface area contributed by atoms with E-state index >= 15 is 0 Å². The fraction of sp³-hybridized carbons (Fsp3) is 0.174. The maximum Gasteiger partial charge on any atom is 0.255 e. The van der Waals surface area contributed by atoms with E-state index in [0.717, 1.165) is 9.87 Å². The summed E-state index contributed by atoms with van der Waals surface area (Å²) in [6.07, 6.45) is 2.97. The lowest BCUT2D eigenvalue weighted by Crippen LogP contribution is -2.39. The standard InChI is InChI=1S/C23H24N4O5S/c1-31-21-12-11-20(14-22(21)32-2)33(29,30)27(16-18-8-4-3-5-9-18)17-23(28)26-25-15-19-10-6-7-13-24-19/h3-15H,16-17H2,1-2H3,(H,26,28)/b25-15-. The number of hydrogen-bond acceptors (Lipinski definition) is 7. The molecule has 0 saturated carbocycles. The van der Waals surface area contributed by atoms with E-state index < -0.39 is 22.5 Å². The average Bonchev–Trinajstić information content (AvgIpc) is 2.84. The van der Waals surface area contributed by atoms with Gasteiger partial charge in [0.15, 0.2) is 11.5 Å². The number of ether oxygens (including phenoxy) is 2. The van der Waals surface area contributed by atoms with E-state index in [1.807, 2.05) is 6.07 Å². The van der Waals surface area contributed by atoms with Gasteiger partial charge in [-0.15, -0.1) is 0 Å². The molecule has 0 fully saturated rings. The quantitative estimate of drug-likeness (QED) is 0.362. The highest BCUT2D eigenvalue weighted by Gasteiger charge is 2.28. The highest BCUT2D eigenvalue weighted by Crippen LogP contribution is 2.31. The number of benzene rings is 2. The first-order valence-corrected chi connectivity index (χ1v) is 11.4. The van der Waals surface area contributed by atoms with Crippen LogP contribution in [0.5, 0.6) is 11.5 Å². The molecule has 10 heteroatoms. The molecule has 1 N–H and O–H groups in total. The van der Waals surface area contributed by atoms with Gasteiger partial charge in [0.2, 0.25) is 10.0 Å². The summed E-state index contributed by atoms with van der Waals surface area (Å²) in [4.78, 5) is 16.6. The second kappa shape index (κ2) is 11.2. The average molecular weight is 469 g/mol. The van der Waals surface area contributed by atoms with E-state index in [1.54, 1.807) is 48.7 Å². The van der Waals surface area contributed by atoms with Crippen molar-refractivity contribution in [3.8, 4) is 11.5 Å². The molecule has 0 saturated heterocycles. The van der Waals surface area contributed by atoms with Gasteiger partial charge in [0, 0.05) is 18.8 Å². The van der Waals surface area contributed by atoms with Gasteiger partial charge in [-0.3, -0.25) is 9.78 Å². The highest BCUT2D eigenvalue weighted by molar-refractivity contribution is 7.89. The van der Waals surface area contributed by atoms with E-state index in [0.29, 0.717) is 11.4 Å². The van der Waals surface area contributed by atoms with Crippen molar-refractivity contribution in [2.24, 2.45) is 5.10 Å². The molecule has 0 aliphatic carbocycles. The third-order valence-electron chi connectivity index (χ3n) is 4.59. The molecule has 3 aromatic rings. The molecule has 1 amide bonds. The van der Waals surface area contributed by atoms with Crippen molar-refractivity contribution in [3.63, 3.8) is 0 Å². The van der Waals surface area contributed by atoms with Crippen LogP contribution in [0.15, 0.2) is 82.9 Å². The van der Waals surface area contributed by atoms with Gasteiger partial charge in [-0.2, -0.15) is 9.41 Å². The van der Waals surface area contributed by atoms with E-state index in [9.17, 15) is 13.2 Å². The maximum absolute atomic E-state index is 13.4. The lowest BCUT2D eigenvalue weighted by molar-refractivity contribution is -0.121. The Bertz CT molecular complexity index is 1200. The number of pyridine rings is 1. The third-order valence-corrected chi connectivity index (χ3v) is 6.38. The van der Waals surface area contributed by atoms with Gasteiger partial charge in [0.1, 0.15) is 0 Å². The Balaban J connectivity index is 1.84. The Morgan fingerprint density at radius 1 is 1.03 bits per heavy atom. The number of amides is 1. The van der Waals surface area contributed by atoms with E-state index in [-0.39, 0.29) is 17.2 Å². The number of nitrogens with one attached hydrogen (secondary N) is 1. The van der Waals surface area contributed by atoms with Crippen LogP contribution >= 0.6 is 0 Å². The van der Waals surface area contributed by atoms with Gasteiger partial charge in [-0.25, -0.2) is 13.8 Å². The first kappa shape index (κ1) is 23.9. The third kappa shape index (κ3) is 6.37. The molecular weight excluding hydrogens is 444 g/mol. The number of methoxy groups -OCH3 is 2. The lowest BCUT2D eigenvalue weighted by Gasteiger charge is -2.22. The van der Waals surface area contributed by atoms with Crippen LogP contribution in [0.1, 0.15) is 11.3 Å². The molecule has 0 spiro atoms. The molecule has 33 heavy (non-hydrogen) atoms. The normalized spacial score (nSPS) is 11.5. The molecule has 2 aromatic carbocycles. The number of aromatic nitrogens is 1. The molecule has 0 aliphatic rings. The molecule has 0 unspecified atom stereocenters. The van der Waals surface area contributed by atoms with Crippen molar-refractivity contribution in [2.75, 3.05) is 20.8 Å². The van der Waals surface area contributed by atoms with Crippen molar-refractivity contribution < 1.29 is 22.7 Å². The number of hydrazone groups is 1. The van der Waals surface area contributed by atoms with Gasteiger partial charge >= 0.3 is 0 Å². The second-order valence-electron chi connectivity index (χ2n) is 6.82. The highest BCUT2D eigenvalue weighted by atomic mass is 32.2. The monoisotopic (exact) mass is 468 g/mol. The summed E-state index contributed by atoms with van der Waals surface area (Å²) in [5, 5.41) is 3.86. The fourth-order valence-corrected chi connectivity index (χ4v) is 4.36. The summed E-state index contributed by atoms with van der Waals surface area (Å²) in [5.74, 6) is 0.0671. The molecule has 0 bridgehead atoms. The van der Waals surface area contributed by atoms with Crippen LogP contribution in [0.25, 0.3) is 0 Å². The molecular formula is C23H24N4O5S. The number of carbonyl (C=O) groups excluding carboxylic acids is 1. The summed E-state index contributed by atoms with van der Waals surface area (Å²) >= 11 is 0. The minimum Gasteiger partial charge on any atom is -0.493 e. The Labute approximate surface area is 192 Å². The minimum absolute atomic E-state index is 0.00507. The van der Waals surface area contributed by atoms with E-state index in [4.69, 9.17) is 9.47 Å². The number of rotatable bonds is 10. The Morgan fingerprint density at radius 2 is 1.76 bits per heavy atom. The Morgan fingerprint density at radius 3 is 2.42 bits per heavy atom. The van der Waals surface area contributed by atoms with E-state index in [2.05, 4.69) is 15.5 Å². The molecule has 172 valence electrons. The zero-order valence-electron chi connectivity index (χ0n) is 18.2. The van der Waals surface area contributed by atoms with Crippen molar-refractivity contribution in [1.29, 1.82) is 0 Å². The fourth-order valence-electron chi connectivity index (χ4n) is 2.96. The van der Waals surface area contributed by atoms with E-state index in [1.165, 1.54) is 38.6 Å². The van der Waals surface area contributed by atoms with Crippen molar-refractivity contribution in [1.82, 2.24) is 14.7 Å². The largest absolute Gasteiger partial charge is 0.493 e. The molecule has 9 nitrogen and oxygen atoms in total. The van der Waals surface area contributed by atoms with Gasteiger partial charge in [0.25, 0.3) is 5.91 Å². The summed E-state index contributed by atoms with van der Waals surface area (Å²) in [5.41, 5.74) is 3.63. The van der Waals surface area contributed by atoms with Crippen molar-refractivity contribution in [2.45, 2.75) is 11.4 Å². The number of nitrogens with zero attached hydrogens (tertiary/aromatic N) is 3. The minimum atomic E-state index is -4.06. The first-order valence-electron chi connectivity index (χ1n) is 9.93. The van der Waals surface area contributed by atoms with Crippen LogP contribution in [0, 0.1) is 0 Å². The molecule has 0 aliphatic heterocycles. The first-order chi connectivity index (χ1) is 15.9. The summed E-state index contributed by atoms with van der Waals surface area (Å²) in [6.45, 7) is -0.444. The SMILES string of the molecule is COc1ccc(S(=O)(=O)N(CC(=O)N/N=C\c2ccccn2)Cc2ccccc2)cc1OC. The van der Waals surface area contributed by atoms with Gasteiger partial charge in [0.05, 0.1) is 37.6 Å². The summed E-state index contributed by atoms with van der Waals surface area (Å²) < 4.78 is 38.4. The zero-order chi connectivity index (χ0) is 23.7. The van der Waals surface area contributed by atoms with Crippen molar-refractivity contribution >= 4 is 22.1 Å². The smallest absolute Gasteiger partial charge is 0.255 e. The number of hydrogen-bond donors (Lipinski definition) is 1. The lowest BCUT2D eigenvalue weighted by atomic mass is 10.2. The predicted octanol–water partition coefficient (Wildman–Crippen LogP) is 2.44. The molecule has 0 atom stereocenters. The molecule has 1 aromatic heterocycles. The zero-order valence-corrected chi connectivity index (χ0v) is 19.0. The Kier molecular flexibility index (Phi) is 8.11. The Hall–Kier alpha value is -3.76. The van der Waals surface area contributed by atoms with Gasteiger partial charge in [-0.05, 0) is 29.8 Å². The summed E-state index contributed by atoms with van der Waals surface area (Å²) in [7, 11) is -1.17. The molecule has 0 radical (unpaired) electrons. The number of sulfonamides is 1. The van der Waals surface area contributed by atoms with Crippen LogP contribution in [0.4, 0.5) is 0 Å². The second-order valence-corrected chi connectivity index (χ2v) is 8.76. The van der Waals surface area contributed by atoms with Crippen LogP contribution in [0.3, 0.4) is 0 Å². The number of carbonyl (C=O) groups is 1. The summed E-state index contributed by atoms with van der Waals surface area (Å²) in [6, 6.07) is 18.5. The molecule has 1 heterocycles. The molecule has 3 rings (SSSR count). The van der Waals surface area contributed by atoms with Gasteiger partial charge < -0.3 is 9.47 Å².